The van der Waals surface area contributed by atoms with Gasteiger partial charge in [-0.25, -0.2) is 0 Å². The number of benzene rings is 4. The summed E-state index contributed by atoms with van der Waals surface area (Å²) in [5.41, 5.74) is 7.34. The molecular weight excluding hydrogens is 516 g/mol. The highest BCUT2D eigenvalue weighted by molar-refractivity contribution is 6.13. The third-order valence-corrected chi connectivity index (χ3v) is 8.40. The standard InChI is InChI=1S/C37H26N4O/c1-41-34-23-29(26-11-9-25(24-38)10-12-26)22-30(21-28-7-4-6-27-5-2-3-8-33(27)28)35(34)37(36(41)42,31-13-17-39-18-14-31)32-15-19-40-20-16-32/h2-20,22-23H,21H2,1H3. The van der Waals surface area contributed by atoms with Gasteiger partial charge < -0.3 is 4.90 Å². The Balaban J connectivity index is 1.55. The van der Waals surface area contributed by atoms with Crippen LogP contribution < -0.4 is 4.90 Å². The van der Waals surface area contributed by atoms with Gasteiger partial charge in [-0.15, -0.1) is 0 Å². The zero-order valence-electron chi connectivity index (χ0n) is 23.0. The molecule has 0 fully saturated rings. The Labute approximate surface area is 244 Å². The number of carbonyl (C=O) groups excluding carboxylic acids is 1. The van der Waals surface area contributed by atoms with E-state index in [-0.39, 0.29) is 5.91 Å². The minimum atomic E-state index is -1.07. The van der Waals surface area contributed by atoms with Crippen LogP contribution in [0.2, 0.25) is 0 Å². The Morgan fingerprint density at radius 2 is 1.38 bits per heavy atom. The van der Waals surface area contributed by atoms with Crippen molar-refractivity contribution in [2.75, 3.05) is 11.9 Å². The lowest BCUT2D eigenvalue weighted by molar-refractivity contribution is -0.120. The van der Waals surface area contributed by atoms with Crippen LogP contribution in [0, 0.1) is 11.3 Å². The van der Waals surface area contributed by atoms with E-state index in [9.17, 15) is 10.1 Å². The molecule has 5 nitrogen and oxygen atoms in total. The SMILES string of the molecule is CN1C(=O)C(c2ccncc2)(c2ccncc2)c2c(Cc3cccc4ccccc34)cc(-c3ccc(C#N)cc3)cc21. The van der Waals surface area contributed by atoms with Crippen LogP contribution in [-0.2, 0) is 16.6 Å². The molecule has 2 aromatic heterocycles. The molecule has 0 unspecified atom stereocenters. The van der Waals surface area contributed by atoms with Gasteiger partial charge in [-0.2, -0.15) is 5.26 Å². The first kappa shape index (κ1) is 25.4. The van der Waals surface area contributed by atoms with E-state index in [2.05, 4.69) is 70.6 Å². The van der Waals surface area contributed by atoms with Gasteiger partial charge in [-0.1, -0.05) is 60.7 Å². The van der Waals surface area contributed by atoms with Crippen molar-refractivity contribution < 1.29 is 4.79 Å². The van der Waals surface area contributed by atoms with Gasteiger partial charge in [0.25, 0.3) is 0 Å². The van der Waals surface area contributed by atoms with E-state index < -0.39 is 5.41 Å². The van der Waals surface area contributed by atoms with Gasteiger partial charge in [0, 0.05) is 43.1 Å². The fraction of sp³-hybridized carbons (Fsp3) is 0.0811. The number of nitriles is 1. The molecule has 0 saturated heterocycles. The zero-order chi connectivity index (χ0) is 28.7. The second-order valence-corrected chi connectivity index (χ2v) is 10.6. The average Bonchev–Trinajstić information content (AvgIpc) is 3.29. The molecule has 200 valence electrons. The van der Waals surface area contributed by atoms with E-state index in [4.69, 9.17) is 0 Å². The van der Waals surface area contributed by atoms with Crippen molar-refractivity contribution in [3.8, 4) is 17.2 Å². The maximum Gasteiger partial charge on any atom is 0.246 e. The number of pyridine rings is 2. The Hall–Kier alpha value is -5.60. The van der Waals surface area contributed by atoms with E-state index in [1.54, 1.807) is 29.7 Å². The monoisotopic (exact) mass is 542 g/mol. The normalized spacial score (nSPS) is 13.6. The van der Waals surface area contributed by atoms with Gasteiger partial charge in [0.05, 0.1) is 11.6 Å². The molecule has 1 amide bonds. The van der Waals surface area contributed by atoms with Crippen LogP contribution in [0.15, 0.2) is 128 Å². The number of likely N-dealkylation sites (N-methyl/N-ethyl adjacent to an activating group) is 1. The molecule has 0 aliphatic carbocycles. The van der Waals surface area contributed by atoms with Gasteiger partial charge in [0.2, 0.25) is 5.91 Å². The molecule has 0 atom stereocenters. The number of hydrogen-bond acceptors (Lipinski definition) is 4. The number of carbonyl (C=O) groups is 1. The van der Waals surface area contributed by atoms with Crippen molar-refractivity contribution in [1.82, 2.24) is 9.97 Å². The Bertz CT molecular complexity index is 1950. The number of amides is 1. The van der Waals surface area contributed by atoms with Gasteiger partial charge in [-0.05, 0) is 93.0 Å². The van der Waals surface area contributed by atoms with Gasteiger partial charge in [0.1, 0.15) is 5.41 Å². The summed E-state index contributed by atoms with van der Waals surface area (Å²) in [6.07, 6.45) is 7.63. The number of hydrogen-bond donors (Lipinski definition) is 0. The van der Waals surface area contributed by atoms with Gasteiger partial charge in [0.15, 0.2) is 0 Å². The maximum atomic E-state index is 14.7. The van der Waals surface area contributed by atoms with Crippen LogP contribution in [0.5, 0.6) is 0 Å². The van der Waals surface area contributed by atoms with Crippen molar-refractivity contribution in [2.45, 2.75) is 11.8 Å². The molecule has 0 radical (unpaired) electrons. The maximum absolute atomic E-state index is 14.7. The predicted molar refractivity (Wildman–Crippen MR) is 165 cm³/mol. The third-order valence-electron chi connectivity index (χ3n) is 8.40. The van der Waals surface area contributed by atoms with Crippen molar-refractivity contribution >= 4 is 22.4 Å². The first-order chi connectivity index (χ1) is 20.6. The number of aromatic nitrogens is 2. The van der Waals surface area contributed by atoms with Crippen LogP contribution in [-0.4, -0.2) is 22.9 Å². The number of fused-ring (bicyclic) bond motifs is 2. The summed E-state index contributed by atoms with van der Waals surface area (Å²) in [4.78, 5) is 25.0. The summed E-state index contributed by atoms with van der Waals surface area (Å²) in [5, 5.41) is 11.7. The molecule has 6 aromatic rings. The Morgan fingerprint density at radius 1 is 0.738 bits per heavy atom. The van der Waals surface area contributed by atoms with Crippen molar-refractivity contribution in [2.24, 2.45) is 0 Å². The molecule has 3 heterocycles. The highest BCUT2D eigenvalue weighted by atomic mass is 16.2. The van der Waals surface area contributed by atoms with Crippen LogP contribution in [0.4, 0.5) is 5.69 Å². The highest BCUT2D eigenvalue weighted by Gasteiger charge is 2.53. The number of nitrogens with zero attached hydrogens (tertiary/aromatic N) is 4. The van der Waals surface area contributed by atoms with Crippen LogP contribution in [0.1, 0.15) is 33.4 Å². The number of rotatable bonds is 5. The number of anilines is 1. The van der Waals surface area contributed by atoms with E-state index >= 15 is 0 Å². The second-order valence-electron chi connectivity index (χ2n) is 10.6. The van der Waals surface area contributed by atoms with Crippen molar-refractivity contribution in [3.05, 3.63) is 161 Å². The molecule has 1 aliphatic rings. The first-order valence-corrected chi connectivity index (χ1v) is 13.8. The molecule has 42 heavy (non-hydrogen) atoms. The topological polar surface area (TPSA) is 69.9 Å². The van der Waals surface area contributed by atoms with Gasteiger partial charge >= 0.3 is 0 Å². The largest absolute Gasteiger partial charge is 0.314 e. The summed E-state index contributed by atoms with van der Waals surface area (Å²) in [5.74, 6) is -0.0222. The summed E-state index contributed by atoms with van der Waals surface area (Å²) < 4.78 is 0. The molecular formula is C37H26N4O. The van der Waals surface area contributed by atoms with Crippen LogP contribution in [0.25, 0.3) is 21.9 Å². The molecule has 0 spiro atoms. The van der Waals surface area contributed by atoms with Crippen molar-refractivity contribution in [3.63, 3.8) is 0 Å². The zero-order valence-corrected chi connectivity index (χ0v) is 23.0. The molecule has 0 saturated carbocycles. The van der Waals surface area contributed by atoms with Crippen molar-refractivity contribution in [1.29, 1.82) is 5.26 Å². The van der Waals surface area contributed by atoms with E-state index in [0.717, 1.165) is 39.1 Å². The fourth-order valence-electron chi connectivity index (χ4n) is 6.45. The lowest BCUT2D eigenvalue weighted by Crippen LogP contribution is -2.41. The van der Waals surface area contributed by atoms with E-state index in [0.29, 0.717) is 12.0 Å². The van der Waals surface area contributed by atoms with Gasteiger partial charge in [-0.3, -0.25) is 14.8 Å². The molecule has 5 heteroatoms. The van der Waals surface area contributed by atoms with E-state index in [1.807, 2.05) is 55.6 Å². The second kappa shape index (κ2) is 10.1. The third kappa shape index (κ3) is 3.88. The smallest absolute Gasteiger partial charge is 0.246 e. The minimum Gasteiger partial charge on any atom is -0.314 e. The summed E-state index contributed by atoms with van der Waals surface area (Å²) in [6.45, 7) is 0. The molecule has 1 aliphatic heterocycles. The highest BCUT2D eigenvalue weighted by Crippen LogP contribution is 2.52. The molecule has 4 aromatic carbocycles. The van der Waals surface area contributed by atoms with Crippen LogP contribution >= 0.6 is 0 Å². The quantitative estimate of drug-likeness (QED) is 0.234. The Morgan fingerprint density at radius 3 is 2.05 bits per heavy atom. The minimum absolute atomic E-state index is 0.0222. The predicted octanol–water partition coefficient (Wildman–Crippen LogP) is 7.07. The van der Waals surface area contributed by atoms with Crippen LogP contribution in [0.3, 0.4) is 0 Å². The summed E-state index contributed by atoms with van der Waals surface area (Å²) in [6, 6.07) is 36.7. The summed E-state index contributed by atoms with van der Waals surface area (Å²) >= 11 is 0. The molecule has 0 N–H and O–H groups in total. The fourth-order valence-corrected chi connectivity index (χ4v) is 6.45. The summed E-state index contributed by atoms with van der Waals surface area (Å²) in [7, 11) is 1.86. The van der Waals surface area contributed by atoms with E-state index in [1.165, 1.54) is 16.3 Å². The average molecular weight is 543 g/mol. The lowest BCUT2D eigenvalue weighted by Gasteiger charge is -2.31. The first-order valence-electron chi connectivity index (χ1n) is 13.8. The Kier molecular flexibility index (Phi) is 6.10. The molecule has 0 bridgehead atoms. The molecule has 7 rings (SSSR count). The lowest BCUT2D eigenvalue weighted by atomic mass is 9.68.